The van der Waals surface area contributed by atoms with Gasteiger partial charge in [-0.1, -0.05) is 168 Å². The van der Waals surface area contributed by atoms with Crippen LogP contribution in [0.15, 0.2) is 0 Å². The maximum Gasteiger partial charge on any atom is 0.306 e. The van der Waals surface area contributed by atoms with E-state index in [1.165, 1.54) is 122 Å². The molecule has 1 fully saturated rings. The third-order valence-electron chi connectivity index (χ3n) is 9.99. The fourth-order valence-corrected chi connectivity index (χ4v) is 6.60. The minimum absolute atomic E-state index is 0.209. The van der Waals surface area contributed by atoms with Crippen molar-refractivity contribution in [2.45, 2.75) is 230 Å². The molecule has 10 heteroatoms. The van der Waals surface area contributed by atoms with Gasteiger partial charge in [0.2, 0.25) is 0 Å². The molecule has 0 bridgehead atoms. The highest BCUT2D eigenvalue weighted by molar-refractivity contribution is 5.70. The third-order valence-corrected chi connectivity index (χ3v) is 9.99. The molecule has 1 aliphatic heterocycles. The predicted octanol–water partition coefficient (Wildman–Crippen LogP) is 8.22. The largest absolute Gasteiger partial charge is 0.462 e. The Morgan fingerprint density at radius 3 is 1.33 bits per heavy atom. The number of carbonyl (C=O) groups excluding carboxylic acids is 2. The van der Waals surface area contributed by atoms with Crippen molar-refractivity contribution < 1.29 is 49.0 Å². The second kappa shape index (κ2) is 33.3. The Morgan fingerprint density at radius 2 is 0.922 bits per heavy atom. The first-order valence-corrected chi connectivity index (χ1v) is 21.1. The lowest BCUT2D eigenvalue weighted by Gasteiger charge is -2.39. The fraction of sp³-hybridized carbons (Fsp3) is 0.951. The van der Waals surface area contributed by atoms with Gasteiger partial charge in [0.05, 0.1) is 13.2 Å². The summed E-state index contributed by atoms with van der Waals surface area (Å²) in [5.41, 5.74) is 0. The van der Waals surface area contributed by atoms with E-state index in [0.29, 0.717) is 6.42 Å². The van der Waals surface area contributed by atoms with Gasteiger partial charge < -0.3 is 39.4 Å². The van der Waals surface area contributed by atoms with E-state index in [0.717, 1.165) is 38.5 Å². The lowest BCUT2D eigenvalue weighted by atomic mass is 9.99. The van der Waals surface area contributed by atoms with Crippen LogP contribution in [0, 0.1) is 0 Å². The quantitative estimate of drug-likeness (QED) is 0.0371. The molecule has 10 nitrogen and oxygen atoms in total. The standard InChI is InChI=1S/C41H78O10/c1-3-5-7-9-11-13-15-17-18-20-22-24-26-28-30-37(44)50-34(33-49-41-40(47)39(46)38(45)35(31-42)51-41)32-48-36(43)29-27-25-23-21-19-16-14-12-10-8-6-4-2/h34-35,38-42,45-47H,3-33H2,1-2H3. The van der Waals surface area contributed by atoms with E-state index in [4.69, 9.17) is 18.9 Å². The molecular formula is C41H78O10. The van der Waals surface area contributed by atoms with E-state index in [-0.39, 0.29) is 32.0 Å². The molecule has 0 aromatic heterocycles. The summed E-state index contributed by atoms with van der Waals surface area (Å²) in [4.78, 5) is 25.2. The topological polar surface area (TPSA) is 152 Å². The Bertz CT molecular complexity index is 809. The van der Waals surface area contributed by atoms with Crippen molar-refractivity contribution in [3.05, 3.63) is 0 Å². The van der Waals surface area contributed by atoms with Gasteiger partial charge in [-0.2, -0.15) is 0 Å². The molecule has 1 rings (SSSR count). The van der Waals surface area contributed by atoms with Crippen molar-refractivity contribution >= 4 is 11.9 Å². The van der Waals surface area contributed by atoms with Crippen molar-refractivity contribution in [2.24, 2.45) is 0 Å². The highest BCUT2D eigenvalue weighted by Gasteiger charge is 2.44. The van der Waals surface area contributed by atoms with Crippen LogP contribution in [-0.2, 0) is 28.5 Å². The summed E-state index contributed by atoms with van der Waals surface area (Å²) in [6, 6.07) is 0. The molecule has 51 heavy (non-hydrogen) atoms. The first-order chi connectivity index (χ1) is 24.8. The number of hydrogen-bond donors (Lipinski definition) is 4. The second-order valence-electron chi connectivity index (χ2n) is 14.8. The second-order valence-corrected chi connectivity index (χ2v) is 14.8. The average molecular weight is 731 g/mol. The number of carbonyl (C=O) groups is 2. The highest BCUT2D eigenvalue weighted by atomic mass is 16.7. The molecule has 0 radical (unpaired) electrons. The van der Waals surface area contributed by atoms with Crippen LogP contribution in [0.4, 0.5) is 0 Å². The van der Waals surface area contributed by atoms with Crippen LogP contribution in [-0.4, -0.2) is 89.0 Å². The monoisotopic (exact) mass is 731 g/mol. The molecule has 1 saturated heterocycles. The van der Waals surface area contributed by atoms with Crippen LogP contribution in [0.5, 0.6) is 0 Å². The van der Waals surface area contributed by atoms with E-state index < -0.39 is 49.4 Å². The number of aliphatic hydroxyl groups excluding tert-OH is 4. The van der Waals surface area contributed by atoms with Crippen LogP contribution in [0.3, 0.4) is 0 Å². The molecule has 1 aliphatic rings. The van der Waals surface area contributed by atoms with Crippen LogP contribution in [0.1, 0.15) is 194 Å². The zero-order valence-electron chi connectivity index (χ0n) is 32.6. The maximum atomic E-state index is 12.7. The Morgan fingerprint density at radius 1 is 0.529 bits per heavy atom. The van der Waals surface area contributed by atoms with E-state index in [2.05, 4.69) is 13.8 Å². The normalized spacial score (nSPS) is 21.1. The molecule has 0 saturated carbocycles. The van der Waals surface area contributed by atoms with E-state index >= 15 is 0 Å². The summed E-state index contributed by atoms with van der Waals surface area (Å²) in [6.45, 7) is 3.43. The number of aliphatic hydroxyl groups is 4. The zero-order chi connectivity index (χ0) is 37.4. The minimum atomic E-state index is -1.59. The van der Waals surface area contributed by atoms with Gasteiger partial charge >= 0.3 is 11.9 Å². The van der Waals surface area contributed by atoms with Gasteiger partial charge in [-0.25, -0.2) is 0 Å². The molecule has 302 valence electrons. The number of rotatable bonds is 35. The Kier molecular flexibility index (Phi) is 31.1. The lowest BCUT2D eigenvalue weighted by Crippen LogP contribution is -2.59. The van der Waals surface area contributed by atoms with Gasteiger partial charge in [-0.3, -0.25) is 9.59 Å². The zero-order valence-corrected chi connectivity index (χ0v) is 32.6. The third kappa shape index (κ3) is 25.4. The molecule has 6 atom stereocenters. The first kappa shape index (κ1) is 47.7. The van der Waals surface area contributed by atoms with Crippen LogP contribution in [0.25, 0.3) is 0 Å². The molecule has 0 amide bonds. The summed E-state index contributed by atoms with van der Waals surface area (Å²) < 4.78 is 22.1. The van der Waals surface area contributed by atoms with Crippen LogP contribution < -0.4 is 0 Å². The van der Waals surface area contributed by atoms with Gasteiger partial charge in [0, 0.05) is 12.8 Å². The Hall–Kier alpha value is -1.30. The summed E-state index contributed by atoms with van der Waals surface area (Å²) >= 11 is 0. The van der Waals surface area contributed by atoms with Gasteiger partial charge in [0.1, 0.15) is 31.0 Å². The maximum absolute atomic E-state index is 12.7. The van der Waals surface area contributed by atoms with Crippen molar-refractivity contribution in [2.75, 3.05) is 19.8 Å². The van der Waals surface area contributed by atoms with Gasteiger partial charge in [0.25, 0.3) is 0 Å². The Labute approximate surface area is 310 Å². The van der Waals surface area contributed by atoms with E-state index in [1.807, 2.05) is 0 Å². The van der Waals surface area contributed by atoms with E-state index in [9.17, 15) is 30.0 Å². The molecular weight excluding hydrogens is 652 g/mol. The highest BCUT2D eigenvalue weighted by Crippen LogP contribution is 2.23. The summed E-state index contributed by atoms with van der Waals surface area (Å²) in [5.74, 6) is -0.795. The summed E-state index contributed by atoms with van der Waals surface area (Å²) in [7, 11) is 0. The molecule has 6 unspecified atom stereocenters. The number of ether oxygens (including phenoxy) is 4. The predicted molar refractivity (Wildman–Crippen MR) is 201 cm³/mol. The van der Waals surface area contributed by atoms with Crippen molar-refractivity contribution in [3.8, 4) is 0 Å². The molecule has 4 N–H and O–H groups in total. The molecule has 0 aromatic carbocycles. The van der Waals surface area contributed by atoms with Crippen LogP contribution >= 0.6 is 0 Å². The van der Waals surface area contributed by atoms with Crippen molar-refractivity contribution in [3.63, 3.8) is 0 Å². The number of hydrogen-bond acceptors (Lipinski definition) is 10. The number of unbranched alkanes of at least 4 members (excludes halogenated alkanes) is 24. The molecule has 0 aromatic rings. The Balaban J connectivity index is 2.35. The van der Waals surface area contributed by atoms with Crippen LogP contribution in [0.2, 0.25) is 0 Å². The number of esters is 2. The SMILES string of the molecule is CCCCCCCCCCCCCCCCC(=O)OC(COC(=O)CCCCCCCCCCCCCC)COC1OC(CO)C(O)C(O)C1O. The molecule has 1 heterocycles. The average Bonchev–Trinajstić information content (AvgIpc) is 3.13. The summed E-state index contributed by atoms with van der Waals surface area (Å²) in [6.07, 6.45) is 23.9. The summed E-state index contributed by atoms with van der Waals surface area (Å²) in [5, 5.41) is 40.0. The smallest absolute Gasteiger partial charge is 0.306 e. The van der Waals surface area contributed by atoms with Crippen molar-refractivity contribution in [1.82, 2.24) is 0 Å². The fourth-order valence-electron chi connectivity index (χ4n) is 6.60. The van der Waals surface area contributed by atoms with Gasteiger partial charge in [0.15, 0.2) is 12.4 Å². The van der Waals surface area contributed by atoms with Gasteiger partial charge in [-0.05, 0) is 12.8 Å². The minimum Gasteiger partial charge on any atom is -0.462 e. The van der Waals surface area contributed by atoms with Gasteiger partial charge in [-0.15, -0.1) is 0 Å². The molecule has 0 aliphatic carbocycles. The van der Waals surface area contributed by atoms with Crippen molar-refractivity contribution in [1.29, 1.82) is 0 Å². The van der Waals surface area contributed by atoms with E-state index in [1.54, 1.807) is 0 Å². The molecule has 0 spiro atoms. The lowest BCUT2D eigenvalue weighted by molar-refractivity contribution is -0.305. The first-order valence-electron chi connectivity index (χ1n) is 21.1.